The number of fused-ring (bicyclic) bond motifs is 1. The van der Waals surface area contributed by atoms with Gasteiger partial charge in [0, 0.05) is 24.1 Å². The van der Waals surface area contributed by atoms with E-state index in [1.165, 1.54) is 16.7 Å². The van der Waals surface area contributed by atoms with Crippen LogP contribution in [-0.4, -0.2) is 40.8 Å². The van der Waals surface area contributed by atoms with Gasteiger partial charge in [-0.1, -0.05) is 24.2 Å². The molecule has 0 atom stereocenters. The fourth-order valence-electron chi connectivity index (χ4n) is 4.18. The van der Waals surface area contributed by atoms with Gasteiger partial charge in [-0.15, -0.1) is 0 Å². The van der Waals surface area contributed by atoms with Crippen molar-refractivity contribution in [1.82, 2.24) is 20.2 Å². The Bertz CT molecular complexity index is 1010. The molecule has 1 aliphatic rings. The zero-order chi connectivity index (χ0) is 20.8. The molecule has 29 heavy (non-hydrogen) atoms. The first-order valence-corrected chi connectivity index (χ1v) is 10.3. The number of hydrogen-bond donors (Lipinski definition) is 0. The van der Waals surface area contributed by atoms with Crippen LogP contribution in [0.1, 0.15) is 48.3 Å². The lowest BCUT2D eigenvalue weighted by Crippen LogP contribution is -2.21. The lowest BCUT2D eigenvalue weighted by Gasteiger charge is -2.27. The van der Waals surface area contributed by atoms with E-state index in [1.54, 1.807) is 0 Å². The summed E-state index contributed by atoms with van der Waals surface area (Å²) in [6, 6.07) is 4.29. The molecule has 2 aromatic heterocycles. The monoisotopic (exact) mass is 394 g/mol. The molecule has 0 fully saturated rings. The molecule has 0 aliphatic heterocycles. The van der Waals surface area contributed by atoms with E-state index >= 15 is 0 Å². The van der Waals surface area contributed by atoms with Crippen LogP contribution in [0.3, 0.4) is 0 Å². The summed E-state index contributed by atoms with van der Waals surface area (Å²) >= 11 is 0. The predicted octanol–water partition coefficient (Wildman–Crippen LogP) is 4.63. The summed E-state index contributed by atoms with van der Waals surface area (Å²) < 4.78 is 11.2. The molecule has 0 spiro atoms. The highest BCUT2D eigenvalue weighted by Crippen LogP contribution is 2.39. The fraction of sp³-hybridized carbons (Fsp3) is 0.522. The first kappa shape index (κ1) is 19.8. The van der Waals surface area contributed by atoms with Crippen LogP contribution >= 0.6 is 0 Å². The second kappa shape index (κ2) is 7.41. The maximum atomic E-state index is 5.61. The van der Waals surface area contributed by atoms with Crippen molar-refractivity contribution < 1.29 is 9.05 Å². The molecule has 0 saturated heterocycles. The molecule has 0 unspecified atom stereocenters. The van der Waals surface area contributed by atoms with Crippen molar-refractivity contribution in [3.8, 4) is 23.0 Å². The molecule has 154 valence electrons. The molecule has 0 radical (unpaired) electrons. The van der Waals surface area contributed by atoms with Gasteiger partial charge in [-0.05, 0) is 81.4 Å². The van der Waals surface area contributed by atoms with Gasteiger partial charge in [-0.3, -0.25) is 0 Å². The van der Waals surface area contributed by atoms with Crippen LogP contribution in [0.5, 0.6) is 0 Å². The molecule has 1 aromatic carbocycles. The second-order valence-electron chi connectivity index (χ2n) is 9.34. The Labute approximate surface area is 172 Å². The lowest BCUT2D eigenvalue weighted by atomic mass is 9.77. The van der Waals surface area contributed by atoms with Gasteiger partial charge in [0.25, 0.3) is 5.89 Å². The van der Waals surface area contributed by atoms with Crippen LogP contribution in [0.2, 0.25) is 0 Å². The van der Waals surface area contributed by atoms with Gasteiger partial charge in [0.05, 0.1) is 0 Å². The third kappa shape index (κ3) is 3.99. The van der Waals surface area contributed by atoms with E-state index in [9.17, 15) is 0 Å². The van der Waals surface area contributed by atoms with Gasteiger partial charge in [0.15, 0.2) is 5.69 Å². The van der Waals surface area contributed by atoms with Crippen LogP contribution in [0.15, 0.2) is 21.2 Å². The number of rotatable bonds is 5. The first-order chi connectivity index (χ1) is 13.7. The highest BCUT2D eigenvalue weighted by Gasteiger charge is 2.32. The molecule has 0 N–H and O–H groups in total. The Balaban J connectivity index is 1.61. The van der Waals surface area contributed by atoms with Crippen molar-refractivity contribution in [3.05, 3.63) is 40.1 Å². The molecule has 0 bridgehead atoms. The normalized spacial score (nSPS) is 15.7. The lowest BCUT2D eigenvalue weighted by molar-refractivity contribution is 0.264. The van der Waals surface area contributed by atoms with Crippen molar-refractivity contribution in [2.75, 3.05) is 20.6 Å². The van der Waals surface area contributed by atoms with Gasteiger partial charge >= 0.3 is 0 Å². The van der Waals surface area contributed by atoms with Crippen molar-refractivity contribution in [3.63, 3.8) is 0 Å². The minimum atomic E-state index is 0.243. The summed E-state index contributed by atoms with van der Waals surface area (Å²) in [5.41, 5.74) is 6.94. The van der Waals surface area contributed by atoms with Gasteiger partial charge in [0.1, 0.15) is 5.76 Å². The zero-order valence-corrected chi connectivity index (χ0v) is 18.3. The quantitative estimate of drug-likeness (QED) is 0.629. The first-order valence-electron chi connectivity index (χ1n) is 10.3. The van der Waals surface area contributed by atoms with Crippen molar-refractivity contribution in [1.29, 1.82) is 0 Å². The summed E-state index contributed by atoms with van der Waals surface area (Å²) in [7, 11) is 4.20. The minimum Gasteiger partial charge on any atom is -0.360 e. The number of benzene rings is 1. The summed E-state index contributed by atoms with van der Waals surface area (Å²) in [6.45, 7) is 9.85. The standard InChI is InChI=1S/C23H30N4O2/c1-14-11-16(12-15(2)17(14)8-10-27(5)6)21-24-22(29-26-21)20-18-7-9-23(3,4)13-19(18)28-25-20/h11-12H,7-10,13H2,1-6H3. The Morgan fingerprint density at radius 3 is 2.48 bits per heavy atom. The van der Waals surface area contributed by atoms with Gasteiger partial charge < -0.3 is 13.9 Å². The van der Waals surface area contributed by atoms with Crippen molar-refractivity contribution >= 4 is 0 Å². The SMILES string of the molecule is Cc1cc(-c2noc(-c3noc4c3CCC(C)(C)C4)n2)cc(C)c1CCN(C)C. The second-order valence-corrected chi connectivity index (χ2v) is 9.34. The fourth-order valence-corrected chi connectivity index (χ4v) is 4.18. The Kier molecular flexibility index (Phi) is 5.07. The van der Waals surface area contributed by atoms with Gasteiger partial charge in [-0.25, -0.2) is 0 Å². The minimum absolute atomic E-state index is 0.243. The number of hydrogen-bond acceptors (Lipinski definition) is 6. The predicted molar refractivity (Wildman–Crippen MR) is 113 cm³/mol. The van der Waals surface area contributed by atoms with E-state index in [0.717, 1.165) is 49.1 Å². The van der Waals surface area contributed by atoms with E-state index in [0.29, 0.717) is 17.4 Å². The molecule has 1 aliphatic carbocycles. The van der Waals surface area contributed by atoms with Gasteiger partial charge in [-0.2, -0.15) is 4.98 Å². The highest BCUT2D eigenvalue weighted by molar-refractivity contribution is 5.62. The largest absolute Gasteiger partial charge is 0.360 e. The molecule has 6 nitrogen and oxygen atoms in total. The number of likely N-dealkylation sites (N-methyl/N-ethyl adjacent to an activating group) is 1. The number of nitrogens with zero attached hydrogens (tertiary/aromatic N) is 4. The molecule has 6 heteroatoms. The van der Waals surface area contributed by atoms with Crippen LogP contribution in [0.25, 0.3) is 23.0 Å². The third-order valence-corrected chi connectivity index (χ3v) is 5.95. The molecule has 3 aromatic rings. The van der Waals surface area contributed by atoms with Gasteiger partial charge in [0.2, 0.25) is 5.82 Å². The van der Waals surface area contributed by atoms with Crippen LogP contribution in [0.4, 0.5) is 0 Å². The van der Waals surface area contributed by atoms with E-state index in [-0.39, 0.29) is 5.41 Å². The molecule has 0 saturated carbocycles. The number of aryl methyl sites for hydroxylation is 2. The Morgan fingerprint density at radius 2 is 1.79 bits per heavy atom. The molecule has 2 heterocycles. The maximum Gasteiger partial charge on any atom is 0.280 e. The van der Waals surface area contributed by atoms with E-state index in [2.05, 4.69) is 74.1 Å². The van der Waals surface area contributed by atoms with E-state index in [1.807, 2.05) is 0 Å². The summed E-state index contributed by atoms with van der Waals surface area (Å²) in [6.07, 6.45) is 3.95. The molecular weight excluding hydrogens is 364 g/mol. The summed E-state index contributed by atoms with van der Waals surface area (Å²) in [4.78, 5) is 6.85. The highest BCUT2D eigenvalue weighted by atomic mass is 16.5. The van der Waals surface area contributed by atoms with Crippen LogP contribution in [-0.2, 0) is 19.3 Å². The summed E-state index contributed by atoms with van der Waals surface area (Å²) in [5.74, 6) is 1.99. The average Bonchev–Trinajstić information content (AvgIpc) is 3.26. The van der Waals surface area contributed by atoms with Crippen LogP contribution < -0.4 is 0 Å². The zero-order valence-electron chi connectivity index (χ0n) is 18.3. The third-order valence-electron chi connectivity index (χ3n) is 5.95. The maximum absolute atomic E-state index is 5.61. The van der Waals surface area contributed by atoms with Crippen molar-refractivity contribution in [2.24, 2.45) is 5.41 Å². The Hall–Kier alpha value is -2.47. The number of aromatic nitrogens is 3. The van der Waals surface area contributed by atoms with Crippen molar-refractivity contribution in [2.45, 2.75) is 53.4 Å². The average molecular weight is 395 g/mol. The molecular formula is C23H30N4O2. The summed E-state index contributed by atoms with van der Waals surface area (Å²) in [5, 5.41) is 8.48. The van der Waals surface area contributed by atoms with E-state index < -0.39 is 0 Å². The van der Waals surface area contributed by atoms with Crippen LogP contribution in [0, 0.1) is 19.3 Å². The van der Waals surface area contributed by atoms with E-state index in [4.69, 9.17) is 9.05 Å². The topological polar surface area (TPSA) is 68.2 Å². The molecule has 4 rings (SSSR count). The molecule has 0 amide bonds. The smallest absolute Gasteiger partial charge is 0.280 e. The Morgan fingerprint density at radius 1 is 1.07 bits per heavy atom.